The molecule has 2 aromatic rings. The number of rotatable bonds is 3. The molecule has 0 aliphatic rings. The van der Waals surface area contributed by atoms with Crippen molar-refractivity contribution in [2.45, 2.75) is 18.8 Å². The molecule has 0 saturated carbocycles. The average molecular weight is 302 g/mol. The Morgan fingerprint density at radius 3 is 2.24 bits per heavy atom. The molecule has 1 N–H and O–H groups in total. The van der Waals surface area contributed by atoms with Gasteiger partial charge >= 0.3 is 12.1 Å². The van der Waals surface area contributed by atoms with Crippen LogP contribution < -0.4 is 0 Å². The van der Waals surface area contributed by atoms with Gasteiger partial charge in [0.25, 0.3) is 0 Å². The van der Waals surface area contributed by atoms with Gasteiger partial charge in [0.2, 0.25) is 5.67 Å². The van der Waals surface area contributed by atoms with E-state index in [9.17, 15) is 22.4 Å². The molecule has 0 amide bonds. The lowest BCUT2D eigenvalue weighted by Gasteiger charge is -2.22. The number of alkyl halides is 4. The second-order valence-electron chi connectivity index (χ2n) is 4.48. The van der Waals surface area contributed by atoms with Gasteiger partial charge in [-0.1, -0.05) is 18.2 Å². The summed E-state index contributed by atoms with van der Waals surface area (Å²) < 4.78 is 53.2. The van der Waals surface area contributed by atoms with Gasteiger partial charge < -0.3 is 5.11 Å². The lowest BCUT2D eigenvalue weighted by Crippen LogP contribution is -2.36. The first kappa shape index (κ1) is 15.0. The maximum atomic E-state index is 14.0. The number of carboxylic acids is 1. The minimum absolute atomic E-state index is 0.247. The molecule has 4 nitrogen and oxygen atoms in total. The lowest BCUT2D eigenvalue weighted by atomic mass is 10.0. The molecule has 2 rings (SSSR count). The van der Waals surface area contributed by atoms with Gasteiger partial charge in [-0.25, -0.2) is 13.9 Å². The van der Waals surface area contributed by atoms with E-state index in [2.05, 4.69) is 5.10 Å². The van der Waals surface area contributed by atoms with Crippen molar-refractivity contribution in [3.63, 3.8) is 0 Å². The minimum atomic E-state index is -5.27. The molecule has 112 valence electrons. The van der Waals surface area contributed by atoms with Crippen LogP contribution >= 0.6 is 0 Å². The SMILES string of the molecule is CC(F)(c1nn(-c2ccccc2)cc1C(=O)O)C(F)(F)F. The molecular formula is C13H10F4N2O2. The molecular weight excluding hydrogens is 292 g/mol. The van der Waals surface area contributed by atoms with Gasteiger partial charge in [-0.05, 0) is 19.1 Å². The van der Waals surface area contributed by atoms with Crippen molar-refractivity contribution >= 4 is 5.97 Å². The minimum Gasteiger partial charge on any atom is -0.478 e. The summed E-state index contributed by atoms with van der Waals surface area (Å²) in [5.41, 5.74) is -5.54. The highest BCUT2D eigenvalue weighted by molar-refractivity contribution is 5.89. The van der Waals surface area contributed by atoms with E-state index in [-0.39, 0.29) is 6.92 Å². The third-order valence-corrected chi connectivity index (χ3v) is 2.94. The number of benzene rings is 1. The van der Waals surface area contributed by atoms with Crippen LogP contribution in [-0.2, 0) is 5.67 Å². The van der Waals surface area contributed by atoms with Gasteiger partial charge in [0.05, 0.1) is 5.69 Å². The van der Waals surface area contributed by atoms with Crippen LogP contribution in [0.3, 0.4) is 0 Å². The third kappa shape index (κ3) is 2.61. The molecule has 0 aliphatic carbocycles. The van der Waals surface area contributed by atoms with E-state index in [0.29, 0.717) is 5.69 Å². The zero-order valence-electron chi connectivity index (χ0n) is 10.7. The second-order valence-corrected chi connectivity index (χ2v) is 4.48. The van der Waals surface area contributed by atoms with Crippen molar-refractivity contribution in [3.8, 4) is 5.69 Å². The van der Waals surface area contributed by atoms with Crippen LogP contribution in [0.25, 0.3) is 5.69 Å². The van der Waals surface area contributed by atoms with Gasteiger partial charge in [-0.15, -0.1) is 0 Å². The summed E-state index contributed by atoms with van der Waals surface area (Å²) in [7, 11) is 0. The van der Waals surface area contributed by atoms with Crippen LogP contribution in [-0.4, -0.2) is 27.0 Å². The molecule has 0 bridgehead atoms. The van der Waals surface area contributed by atoms with Crippen LogP contribution in [0.1, 0.15) is 23.0 Å². The number of aromatic nitrogens is 2. The third-order valence-electron chi connectivity index (χ3n) is 2.94. The summed E-state index contributed by atoms with van der Waals surface area (Å²) in [6.07, 6.45) is -4.41. The maximum Gasteiger partial charge on any atom is 0.428 e. The largest absolute Gasteiger partial charge is 0.478 e. The fourth-order valence-corrected chi connectivity index (χ4v) is 1.72. The van der Waals surface area contributed by atoms with Crippen molar-refractivity contribution < 1.29 is 27.5 Å². The molecule has 1 unspecified atom stereocenters. The van der Waals surface area contributed by atoms with E-state index < -0.39 is 29.1 Å². The van der Waals surface area contributed by atoms with Crippen molar-refractivity contribution in [1.29, 1.82) is 0 Å². The summed E-state index contributed by atoms with van der Waals surface area (Å²) in [6, 6.07) is 7.86. The monoisotopic (exact) mass is 302 g/mol. The van der Waals surface area contributed by atoms with E-state index in [1.165, 1.54) is 12.1 Å². The Morgan fingerprint density at radius 1 is 1.19 bits per heavy atom. The predicted octanol–water partition coefficient (Wildman–Crippen LogP) is 3.32. The highest BCUT2D eigenvalue weighted by Crippen LogP contribution is 2.42. The lowest BCUT2D eigenvalue weighted by molar-refractivity contribution is -0.230. The quantitative estimate of drug-likeness (QED) is 0.885. The average Bonchev–Trinajstić information content (AvgIpc) is 2.84. The fourth-order valence-electron chi connectivity index (χ4n) is 1.72. The van der Waals surface area contributed by atoms with E-state index in [1.807, 2.05) is 0 Å². The van der Waals surface area contributed by atoms with Crippen LogP contribution in [0.2, 0.25) is 0 Å². The van der Waals surface area contributed by atoms with E-state index in [4.69, 9.17) is 5.11 Å². The summed E-state index contributed by atoms with van der Waals surface area (Å²) >= 11 is 0. The molecule has 8 heteroatoms. The van der Waals surface area contributed by atoms with Crippen LogP contribution in [0.4, 0.5) is 17.6 Å². The summed E-state index contributed by atoms with van der Waals surface area (Å²) in [5.74, 6) is -1.68. The number of nitrogens with zero attached hydrogens (tertiary/aromatic N) is 2. The van der Waals surface area contributed by atoms with Crippen LogP contribution in [0, 0.1) is 0 Å². The number of para-hydroxylation sites is 1. The number of halogens is 4. The Morgan fingerprint density at radius 2 is 1.76 bits per heavy atom. The Labute approximate surface area is 116 Å². The van der Waals surface area contributed by atoms with Gasteiger partial charge in [-0.2, -0.15) is 18.3 Å². The van der Waals surface area contributed by atoms with Gasteiger partial charge in [0, 0.05) is 6.20 Å². The van der Waals surface area contributed by atoms with Crippen molar-refractivity contribution in [2.24, 2.45) is 0 Å². The van der Waals surface area contributed by atoms with Gasteiger partial charge in [0.15, 0.2) is 0 Å². The first-order valence-electron chi connectivity index (χ1n) is 5.79. The number of hydrogen-bond donors (Lipinski definition) is 1. The maximum absolute atomic E-state index is 14.0. The summed E-state index contributed by atoms with van der Waals surface area (Å²) in [5, 5.41) is 12.4. The standard InChI is InChI=1S/C13H10F4N2O2/c1-12(14,13(15,16)17)10-9(11(20)21)7-19(18-10)8-5-3-2-4-6-8/h2-7H,1H3,(H,20,21). The predicted molar refractivity (Wildman–Crippen MR) is 65.0 cm³/mol. The Kier molecular flexibility index (Phi) is 3.48. The smallest absolute Gasteiger partial charge is 0.428 e. The summed E-state index contributed by atoms with van der Waals surface area (Å²) in [4.78, 5) is 11.1. The number of carbonyl (C=O) groups is 1. The van der Waals surface area contributed by atoms with Gasteiger partial charge in [0.1, 0.15) is 11.3 Å². The van der Waals surface area contributed by atoms with Crippen LogP contribution in [0.15, 0.2) is 36.5 Å². The van der Waals surface area contributed by atoms with Gasteiger partial charge in [-0.3, -0.25) is 0 Å². The topological polar surface area (TPSA) is 55.1 Å². The second kappa shape index (κ2) is 4.87. The molecule has 0 spiro atoms. The highest BCUT2D eigenvalue weighted by Gasteiger charge is 2.56. The van der Waals surface area contributed by atoms with Crippen molar-refractivity contribution in [3.05, 3.63) is 47.8 Å². The first-order valence-corrected chi connectivity index (χ1v) is 5.79. The molecule has 1 aromatic carbocycles. The molecule has 21 heavy (non-hydrogen) atoms. The summed E-state index contributed by atoms with van der Waals surface area (Å²) in [6.45, 7) is 0.247. The highest BCUT2D eigenvalue weighted by atomic mass is 19.4. The number of aromatic carboxylic acids is 1. The van der Waals surface area contributed by atoms with Crippen molar-refractivity contribution in [2.75, 3.05) is 0 Å². The number of carboxylic acid groups (broad SMARTS) is 1. The first-order chi connectivity index (χ1) is 9.64. The zero-order valence-corrected chi connectivity index (χ0v) is 10.7. The molecule has 0 aliphatic heterocycles. The zero-order chi connectivity index (χ0) is 15.8. The molecule has 1 aromatic heterocycles. The fraction of sp³-hybridized carbons (Fsp3) is 0.231. The number of hydrogen-bond acceptors (Lipinski definition) is 2. The molecule has 1 heterocycles. The molecule has 0 fully saturated rings. The van der Waals surface area contributed by atoms with Crippen LogP contribution in [0.5, 0.6) is 0 Å². The molecule has 1 atom stereocenters. The Hall–Kier alpha value is -2.38. The Balaban J connectivity index is 2.62. The van der Waals surface area contributed by atoms with E-state index in [0.717, 1.165) is 10.9 Å². The van der Waals surface area contributed by atoms with E-state index >= 15 is 0 Å². The Bertz CT molecular complexity index is 663. The normalized spacial score (nSPS) is 14.7. The van der Waals surface area contributed by atoms with Crippen molar-refractivity contribution in [1.82, 2.24) is 9.78 Å². The molecule has 0 saturated heterocycles. The molecule has 0 radical (unpaired) electrons. The van der Waals surface area contributed by atoms with E-state index in [1.54, 1.807) is 18.2 Å².